The lowest BCUT2D eigenvalue weighted by Gasteiger charge is -2.38. The van der Waals surface area contributed by atoms with Crippen molar-refractivity contribution in [1.29, 1.82) is 0 Å². The first kappa shape index (κ1) is 7.63. The zero-order valence-corrected chi connectivity index (χ0v) is 8.09. The first-order chi connectivity index (χ1) is 6.32. The SMILES string of the molecule is ClN1CC2(CCC2)c2cnccc21. The van der Waals surface area contributed by atoms with Crippen molar-refractivity contribution < 1.29 is 0 Å². The summed E-state index contributed by atoms with van der Waals surface area (Å²) >= 11 is 6.15. The molecule has 3 heteroatoms. The van der Waals surface area contributed by atoms with Crippen molar-refractivity contribution in [2.45, 2.75) is 24.7 Å². The number of fused-ring (bicyclic) bond motifs is 2. The molecule has 1 aromatic heterocycles. The zero-order chi connectivity index (χ0) is 8.89. The lowest BCUT2D eigenvalue weighted by atomic mass is 9.66. The van der Waals surface area contributed by atoms with E-state index < -0.39 is 0 Å². The van der Waals surface area contributed by atoms with Crippen molar-refractivity contribution in [1.82, 2.24) is 4.98 Å². The van der Waals surface area contributed by atoms with Crippen molar-refractivity contribution in [3.8, 4) is 0 Å². The first-order valence-corrected chi connectivity index (χ1v) is 5.03. The largest absolute Gasteiger partial charge is 0.284 e. The molecule has 13 heavy (non-hydrogen) atoms. The van der Waals surface area contributed by atoms with Gasteiger partial charge < -0.3 is 0 Å². The maximum atomic E-state index is 6.15. The van der Waals surface area contributed by atoms with Crippen molar-refractivity contribution in [2.75, 3.05) is 11.0 Å². The number of hydrogen-bond donors (Lipinski definition) is 0. The van der Waals surface area contributed by atoms with E-state index in [4.69, 9.17) is 11.8 Å². The van der Waals surface area contributed by atoms with Crippen LogP contribution in [0.2, 0.25) is 0 Å². The fourth-order valence-electron chi connectivity index (χ4n) is 2.47. The van der Waals surface area contributed by atoms with Gasteiger partial charge in [-0.05, 0) is 18.9 Å². The molecule has 0 unspecified atom stereocenters. The number of hydrogen-bond acceptors (Lipinski definition) is 2. The zero-order valence-electron chi connectivity index (χ0n) is 7.33. The fraction of sp³-hybridized carbons (Fsp3) is 0.500. The van der Waals surface area contributed by atoms with Gasteiger partial charge in [0.2, 0.25) is 0 Å². The van der Waals surface area contributed by atoms with Gasteiger partial charge in [-0.1, -0.05) is 6.42 Å². The molecule has 0 N–H and O–H groups in total. The topological polar surface area (TPSA) is 16.1 Å². The molecule has 0 saturated heterocycles. The van der Waals surface area contributed by atoms with E-state index >= 15 is 0 Å². The number of halogens is 1. The molecule has 3 rings (SSSR count). The van der Waals surface area contributed by atoms with Gasteiger partial charge in [-0.2, -0.15) is 0 Å². The summed E-state index contributed by atoms with van der Waals surface area (Å²) in [5.41, 5.74) is 2.87. The van der Waals surface area contributed by atoms with E-state index in [9.17, 15) is 0 Å². The number of aromatic nitrogens is 1. The third-order valence-corrected chi connectivity index (χ3v) is 3.68. The highest BCUT2D eigenvalue weighted by atomic mass is 35.5. The van der Waals surface area contributed by atoms with E-state index in [1.807, 2.05) is 22.9 Å². The van der Waals surface area contributed by atoms with Crippen molar-refractivity contribution in [3.05, 3.63) is 24.0 Å². The van der Waals surface area contributed by atoms with Gasteiger partial charge in [0.1, 0.15) is 0 Å². The van der Waals surface area contributed by atoms with E-state index in [2.05, 4.69) is 4.98 Å². The van der Waals surface area contributed by atoms with Crippen LogP contribution in [-0.2, 0) is 5.41 Å². The molecule has 0 atom stereocenters. The predicted octanol–water partition coefficient (Wildman–Crippen LogP) is 2.48. The highest BCUT2D eigenvalue weighted by molar-refractivity contribution is 6.26. The average Bonchev–Trinajstić information content (AvgIpc) is 2.40. The molecule has 2 nitrogen and oxygen atoms in total. The molecule has 2 aliphatic rings. The molecule has 2 heterocycles. The van der Waals surface area contributed by atoms with Crippen LogP contribution in [0.3, 0.4) is 0 Å². The summed E-state index contributed by atoms with van der Waals surface area (Å²) in [7, 11) is 0. The summed E-state index contributed by atoms with van der Waals surface area (Å²) < 4.78 is 1.84. The van der Waals surface area contributed by atoms with Crippen molar-refractivity contribution >= 4 is 17.5 Å². The molecule has 1 fully saturated rings. The molecule has 1 aliphatic heterocycles. The van der Waals surface area contributed by atoms with E-state index in [1.165, 1.54) is 24.8 Å². The van der Waals surface area contributed by atoms with Crippen molar-refractivity contribution in [3.63, 3.8) is 0 Å². The lowest BCUT2D eigenvalue weighted by Crippen LogP contribution is -2.37. The number of pyridine rings is 1. The normalized spacial score (nSPS) is 23.0. The summed E-state index contributed by atoms with van der Waals surface area (Å²) in [6.07, 6.45) is 7.67. The fourth-order valence-corrected chi connectivity index (χ4v) is 2.85. The summed E-state index contributed by atoms with van der Waals surface area (Å²) in [5.74, 6) is 0. The van der Waals surface area contributed by atoms with Crippen LogP contribution in [0.25, 0.3) is 0 Å². The van der Waals surface area contributed by atoms with Crippen LogP contribution in [0.1, 0.15) is 24.8 Å². The van der Waals surface area contributed by atoms with Gasteiger partial charge in [0.05, 0.1) is 5.69 Å². The Morgan fingerprint density at radius 1 is 1.46 bits per heavy atom. The van der Waals surface area contributed by atoms with Crippen LogP contribution in [-0.4, -0.2) is 11.5 Å². The number of anilines is 1. The second-order valence-electron chi connectivity index (χ2n) is 4.05. The highest BCUT2D eigenvalue weighted by Crippen LogP contribution is 2.52. The Morgan fingerprint density at radius 2 is 2.31 bits per heavy atom. The smallest absolute Gasteiger partial charge is 0.0592 e. The summed E-state index contributed by atoms with van der Waals surface area (Å²) in [6, 6.07) is 2.01. The van der Waals surface area contributed by atoms with E-state index in [0.717, 1.165) is 12.2 Å². The maximum absolute atomic E-state index is 6.15. The molecular formula is C10H11ClN2. The van der Waals surface area contributed by atoms with Gasteiger partial charge in [0, 0.05) is 41.7 Å². The highest BCUT2D eigenvalue weighted by Gasteiger charge is 2.46. The van der Waals surface area contributed by atoms with Crippen LogP contribution in [0.15, 0.2) is 18.5 Å². The minimum Gasteiger partial charge on any atom is -0.284 e. The molecular weight excluding hydrogens is 184 g/mol. The Morgan fingerprint density at radius 3 is 3.00 bits per heavy atom. The van der Waals surface area contributed by atoms with Crippen LogP contribution in [0, 0.1) is 0 Å². The number of nitrogens with zero attached hydrogens (tertiary/aromatic N) is 2. The van der Waals surface area contributed by atoms with Crippen LogP contribution in [0.4, 0.5) is 5.69 Å². The van der Waals surface area contributed by atoms with E-state index in [1.54, 1.807) is 0 Å². The Kier molecular flexibility index (Phi) is 1.40. The van der Waals surface area contributed by atoms with E-state index in [-0.39, 0.29) is 0 Å². The summed E-state index contributed by atoms with van der Waals surface area (Å²) in [6.45, 7) is 0.968. The molecule has 0 bridgehead atoms. The summed E-state index contributed by atoms with van der Waals surface area (Å²) in [4.78, 5) is 4.18. The third-order valence-electron chi connectivity index (χ3n) is 3.38. The van der Waals surface area contributed by atoms with Gasteiger partial charge in [0.15, 0.2) is 0 Å². The number of rotatable bonds is 0. The molecule has 0 aromatic carbocycles. The maximum Gasteiger partial charge on any atom is 0.0592 e. The third kappa shape index (κ3) is 0.869. The monoisotopic (exact) mass is 194 g/mol. The van der Waals surface area contributed by atoms with Gasteiger partial charge in [0.25, 0.3) is 0 Å². The Hall–Kier alpha value is -0.760. The van der Waals surface area contributed by atoms with Crippen molar-refractivity contribution in [2.24, 2.45) is 0 Å². The van der Waals surface area contributed by atoms with Crippen LogP contribution < -0.4 is 4.42 Å². The molecule has 0 amide bonds. The van der Waals surface area contributed by atoms with Crippen LogP contribution in [0.5, 0.6) is 0 Å². The predicted molar refractivity (Wildman–Crippen MR) is 53.0 cm³/mol. The minimum absolute atomic E-state index is 0.353. The standard InChI is InChI=1S/C10H11ClN2/c11-13-7-10(3-1-4-10)8-6-12-5-2-9(8)13/h2,5-6H,1,3-4,7H2. The second-order valence-corrected chi connectivity index (χ2v) is 4.46. The Bertz CT molecular complexity index is 347. The average molecular weight is 195 g/mol. The van der Waals surface area contributed by atoms with Gasteiger partial charge in [-0.25, -0.2) is 0 Å². The molecule has 1 spiro atoms. The van der Waals surface area contributed by atoms with Gasteiger partial charge in [-0.15, -0.1) is 0 Å². The molecule has 1 aliphatic carbocycles. The first-order valence-electron chi connectivity index (χ1n) is 4.70. The minimum atomic E-state index is 0.353. The lowest BCUT2D eigenvalue weighted by molar-refractivity contribution is 0.268. The second kappa shape index (κ2) is 2.38. The van der Waals surface area contributed by atoms with Crippen LogP contribution >= 0.6 is 11.8 Å². The van der Waals surface area contributed by atoms with Gasteiger partial charge in [-0.3, -0.25) is 9.40 Å². The molecule has 68 valence electrons. The van der Waals surface area contributed by atoms with E-state index in [0.29, 0.717) is 5.41 Å². The Labute approximate surface area is 82.6 Å². The molecule has 1 aromatic rings. The molecule has 1 saturated carbocycles. The van der Waals surface area contributed by atoms with Gasteiger partial charge >= 0.3 is 0 Å². The summed E-state index contributed by atoms with van der Waals surface area (Å²) in [5, 5.41) is 0. The Balaban J connectivity index is 2.15. The quantitative estimate of drug-likeness (QED) is 0.590. The molecule has 0 radical (unpaired) electrons.